The molecule has 0 unspecified atom stereocenters. The van der Waals surface area contributed by atoms with Crippen LogP contribution in [0.1, 0.15) is 16.9 Å². The minimum absolute atomic E-state index is 0.0414. The third-order valence-corrected chi connectivity index (χ3v) is 4.08. The van der Waals surface area contributed by atoms with E-state index in [1.165, 1.54) is 35.8 Å². The minimum atomic E-state index is -4.60. The molecule has 24 heavy (non-hydrogen) atoms. The van der Waals surface area contributed by atoms with Crippen molar-refractivity contribution in [3.63, 3.8) is 0 Å². The third-order valence-electron chi connectivity index (χ3n) is 3.53. The van der Waals surface area contributed by atoms with Crippen LogP contribution in [-0.2, 0) is 4.74 Å². The molecule has 0 radical (unpaired) electrons. The van der Waals surface area contributed by atoms with Crippen LogP contribution in [0.5, 0.6) is 0 Å². The summed E-state index contributed by atoms with van der Waals surface area (Å²) in [6.45, 7) is 0. The van der Waals surface area contributed by atoms with Gasteiger partial charge in [-0.25, -0.2) is 4.68 Å². The van der Waals surface area contributed by atoms with Crippen LogP contribution < -0.4 is 5.32 Å². The predicted octanol–water partition coefficient (Wildman–Crippen LogP) is 4.03. The number of alkyl halides is 3. The van der Waals surface area contributed by atoms with Crippen molar-refractivity contribution >= 4 is 37.9 Å². The molecule has 0 spiro atoms. The maximum Gasteiger partial charge on any atom is 0.433 e. The summed E-state index contributed by atoms with van der Waals surface area (Å²) >= 11 is 1.49. The topological polar surface area (TPSA) is 56.2 Å². The Labute approximate surface area is 148 Å². The Morgan fingerprint density at radius 2 is 2.17 bits per heavy atom. The van der Waals surface area contributed by atoms with E-state index in [-0.39, 0.29) is 11.5 Å². The lowest BCUT2D eigenvalue weighted by atomic mass is 10.0. The first kappa shape index (κ1) is 16.8. The molecule has 2 aliphatic rings. The molecular formula is C15H11F3IN3O2. The van der Waals surface area contributed by atoms with Gasteiger partial charge in [0, 0.05) is 34.4 Å². The molecule has 0 aromatic carbocycles. The zero-order valence-electron chi connectivity index (χ0n) is 12.3. The van der Waals surface area contributed by atoms with E-state index in [9.17, 15) is 18.0 Å². The maximum atomic E-state index is 13.4. The fourth-order valence-electron chi connectivity index (χ4n) is 2.38. The van der Waals surface area contributed by atoms with E-state index < -0.39 is 15.7 Å². The lowest BCUT2D eigenvalue weighted by Crippen LogP contribution is -2.24. The predicted molar refractivity (Wildman–Crippen MR) is 90.4 cm³/mol. The molecule has 1 aliphatic heterocycles. The number of carbonyl (C=O) groups excluding carboxylic acids is 1. The highest BCUT2D eigenvalue weighted by Gasteiger charge is 2.39. The Balaban J connectivity index is 2.08. The summed E-state index contributed by atoms with van der Waals surface area (Å²) in [6.07, 6.45) is 1.97. The van der Waals surface area contributed by atoms with Gasteiger partial charge in [-0.05, 0) is 30.2 Å². The number of halogens is 4. The Morgan fingerprint density at radius 3 is 2.71 bits per heavy atom. The fraction of sp³-hybridized carbons (Fsp3) is 0.200. The fourth-order valence-corrected chi connectivity index (χ4v) is 2.64. The number of aromatic nitrogens is 2. The second-order valence-corrected chi connectivity index (χ2v) is 6.02. The van der Waals surface area contributed by atoms with E-state index in [0.29, 0.717) is 28.1 Å². The number of nitrogens with zero attached hydrogens (tertiary/aromatic N) is 2. The van der Waals surface area contributed by atoms with E-state index in [0.717, 1.165) is 6.08 Å². The summed E-state index contributed by atoms with van der Waals surface area (Å²) in [5.74, 6) is 0.750. The number of carbonyl (C=O) groups is 1. The number of hydrogen-bond acceptors (Lipinski definition) is 4. The molecule has 2 heterocycles. The summed E-state index contributed by atoms with van der Waals surface area (Å²) < 4.78 is 45.5. The van der Waals surface area contributed by atoms with Gasteiger partial charge in [0.15, 0.2) is 0 Å². The van der Waals surface area contributed by atoms with Crippen molar-refractivity contribution in [3.8, 4) is 0 Å². The van der Waals surface area contributed by atoms with Gasteiger partial charge in [0.25, 0.3) is 0 Å². The maximum absolute atomic E-state index is 13.4. The van der Waals surface area contributed by atoms with Gasteiger partial charge in [-0.1, -0.05) is 6.08 Å². The number of hydrogen-bond donors (Lipinski definition) is 1. The van der Waals surface area contributed by atoms with Crippen molar-refractivity contribution in [1.29, 1.82) is 0 Å². The molecule has 126 valence electrons. The summed E-state index contributed by atoms with van der Waals surface area (Å²) in [5.41, 5.74) is -0.00463. The lowest BCUT2D eigenvalue weighted by molar-refractivity contribution is -0.0744. The van der Waals surface area contributed by atoms with Gasteiger partial charge in [0.2, 0.25) is 3.79 Å². The van der Waals surface area contributed by atoms with Crippen molar-refractivity contribution in [2.45, 2.75) is 12.6 Å². The normalized spacial score (nSPS) is 20.0. The van der Waals surface area contributed by atoms with Crippen molar-refractivity contribution in [3.05, 3.63) is 53.1 Å². The van der Waals surface area contributed by atoms with Crippen LogP contribution in [0.15, 0.2) is 47.4 Å². The zero-order valence-corrected chi connectivity index (χ0v) is 14.5. The van der Waals surface area contributed by atoms with E-state index >= 15 is 0 Å². The van der Waals surface area contributed by atoms with Crippen LogP contribution in [0.4, 0.5) is 19.0 Å². The number of fused-ring (bicyclic) bond motifs is 1. The molecule has 0 amide bonds. The van der Waals surface area contributed by atoms with E-state index in [1.54, 1.807) is 18.2 Å². The molecular weight excluding hydrogens is 438 g/mol. The monoisotopic (exact) mass is 449 g/mol. The summed E-state index contributed by atoms with van der Waals surface area (Å²) in [4.78, 5) is 11.4. The van der Waals surface area contributed by atoms with Crippen molar-refractivity contribution < 1.29 is 22.7 Å². The summed E-state index contributed by atoms with van der Waals surface area (Å²) in [7, 11) is 1.52. The quantitative estimate of drug-likeness (QED) is 0.548. The third kappa shape index (κ3) is 3.12. The zero-order chi connectivity index (χ0) is 17.5. The number of methoxy groups -OCH3 is 1. The average Bonchev–Trinajstić information content (AvgIpc) is 2.97. The molecule has 3 rings (SSSR count). The first-order chi connectivity index (χ1) is 11.3. The Kier molecular flexibility index (Phi) is 4.28. The molecule has 1 aliphatic carbocycles. The van der Waals surface area contributed by atoms with Gasteiger partial charge >= 0.3 is 6.18 Å². The van der Waals surface area contributed by atoms with Crippen LogP contribution in [-0.4, -0.2) is 26.9 Å². The van der Waals surface area contributed by atoms with Gasteiger partial charge in [-0.15, -0.1) is 0 Å². The van der Waals surface area contributed by atoms with Gasteiger partial charge < -0.3 is 10.1 Å². The average molecular weight is 449 g/mol. The Bertz CT molecular complexity index is 832. The van der Waals surface area contributed by atoms with Crippen molar-refractivity contribution in [2.75, 3.05) is 12.4 Å². The second-order valence-electron chi connectivity index (χ2n) is 5.04. The minimum Gasteiger partial charge on any atom is -0.497 e. The van der Waals surface area contributed by atoms with Crippen LogP contribution in [0, 0.1) is 0 Å². The number of anilines is 1. The van der Waals surface area contributed by atoms with Crippen LogP contribution in [0.25, 0.3) is 5.70 Å². The van der Waals surface area contributed by atoms with Gasteiger partial charge in [-0.2, -0.15) is 18.3 Å². The summed E-state index contributed by atoms with van der Waals surface area (Å²) in [5, 5.41) is 6.64. The smallest absolute Gasteiger partial charge is 0.433 e. The highest BCUT2D eigenvalue weighted by atomic mass is 127. The largest absolute Gasteiger partial charge is 0.497 e. The Morgan fingerprint density at radius 1 is 1.42 bits per heavy atom. The molecule has 0 saturated heterocycles. The standard InChI is InChI=1S/C15H11F3IN3O2/c1-24-9-4-2-8(3-5-9)10-6-12(15(16,17)18)22-13(20-10)7-11(21-22)14(19)23/h2,4-7,20H,3H2,1H3. The second kappa shape index (κ2) is 6.11. The van der Waals surface area contributed by atoms with Crippen LogP contribution >= 0.6 is 22.6 Å². The van der Waals surface area contributed by atoms with Gasteiger partial charge in [0.05, 0.1) is 7.11 Å². The SMILES string of the molecule is COC1=CCC(=C2C=C(C(F)(F)F)n3nc(C(=O)I)cc3N2)C=C1. The molecule has 0 bridgehead atoms. The first-order valence-electron chi connectivity index (χ1n) is 6.81. The van der Waals surface area contributed by atoms with E-state index in [1.807, 2.05) is 0 Å². The molecule has 1 aromatic rings. The number of ether oxygens (including phenoxy) is 1. The lowest BCUT2D eigenvalue weighted by Gasteiger charge is -2.23. The Hall–Kier alpha value is -2.04. The van der Waals surface area contributed by atoms with Crippen LogP contribution in [0.2, 0.25) is 0 Å². The molecule has 1 N–H and O–H groups in total. The first-order valence-corrected chi connectivity index (χ1v) is 7.89. The number of nitrogens with one attached hydrogen (secondary N) is 1. The molecule has 1 aromatic heterocycles. The highest BCUT2D eigenvalue weighted by Crippen LogP contribution is 2.37. The molecule has 9 heteroatoms. The van der Waals surface area contributed by atoms with Crippen LogP contribution in [0.3, 0.4) is 0 Å². The molecule has 0 fully saturated rings. The number of allylic oxidation sites excluding steroid dienone is 6. The molecule has 0 atom stereocenters. The van der Waals surface area contributed by atoms with Crippen molar-refractivity contribution in [1.82, 2.24) is 9.78 Å². The summed E-state index contributed by atoms with van der Waals surface area (Å²) in [6, 6.07) is 1.30. The van der Waals surface area contributed by atoms with Crippen molar-refractivity contribution in [2.24, 2.45) is 0 Å². The van der Waals surface area contributed by atoms with E-state index in [2.05, 4.69) is 10.4 Å². The molecule has 5 nitrogen and oxygen atoms in total. The van der Waals surface area contributed by atoms with Gasteiger partial charge in [-0.3, -0.25) is 4.79 Å². The molecule has 0 saturated carbocycles. The highest BCUT2D eigenvalue weighted by molar-refractivity contribution is 14.1. The van der Waals surface area contributed by atoms with Gasteiger partial charge in [0.1, 0.15) is 23.0 Å². The number of rotatable bonds is 2. The van der Waals surface area contributed by atoms with E-state index in [4.69, 9.17) is 4.74 Å².